The fourth-order valence-electron chi connectivity index (χ4n) is 1.15. The van der Waals surface area contributed by atoms with Crippen LogP contribution in [0, 0.1) is 10.1 Å². The zero-order valence-electron chi connectivity index (χ0n) is 7.57. The lowest BCUT2D eigenvalue weighted by atomic mass is 10.4. The zero-order valence-corrected chi connectivity index (χ0v) is 7.57. The van der Waals surface area contributed by atoms with Gasteiger partial charge in [-0.3, -0.25) is 10.1 Å². The van der Waals surface area contributed by atoms with E-state index in [2.05, 4.69) is 10.1 Å². The van der Waals surface area contributed by atoms with E-state index < -0.39 is 4.92 Å². The number of hydrogen-bond donors (Lipinski definition) is 1. The molecule has 0 atom stereocenters. The van der Waals surface area contributed by atoms with Gasteiger partial charge >= 0.3 is 0 Å². The van der Waals surface area contributed by atoms with Gasteiger partial charge in [-0.2, -0.15) is 5.10 Å². The molecule has 2 aromatic rings. The first-order chi connectivity index (χ1) is 7.16. The van der Waals surface area contributed by atoms with Gasteiger partial charge in [0, 0.05) is 12.4 Å². The van der Waals surface area contributed by atoms with E-state index in [4.69, 9.17) is 5.73 Å². The molecular weight excluding hydrogens is 198 g/mol. The van der Waals surface area contributed by atoms with Crippen molar-refractivity contribution in [1.82, 2.24) is 14.8 Å². The number of pyridine rings is 1. The van der Waals surface area contributed by atoms with Gasteiger partial charge in [-0.1, -0.05) is 0 Å². The Hall–Kier alpha value is -2.44. The molecule has 2 N–H and O–H groups in total. The van der Waals surface area contributed by atoms with Crippen molar-refractivity contribution in [2.75, 3.05) is 5.73 Å². The van der Waals surface area contributed by atoms with Crippen LogP contribution in [0.4, 0.5) is 11.5 Å². The first kappa shape index (κ1) is 9.13. The molecule has 0 unspecified atom stereocenters. The summed E-state index contributed by atoms with van der Waals surface area (Å²) in [6.45, 7) is 0. The summed E-state index contributed by atoms with van der Waals surface area (Å²) in [7, 11) is 0. The Kier molecular flexibility index (Phi) is 2.05. The van der Waals surface area contributed by atoms with Crippen LogP contribution in [0.2, 0.25) is 0 Å². The molecule has 0 amide bonds. The van der Waals surface area contributed by atoms with Gasteiger partial charge in [-0.25, -0.2) is 9.67 Å². The smallest absolute Gasteiger partial charge is 0.276 e. The lowest BCUT2D eigenvalue weighted by molar-refractivity contribution is -0.384. The molecule has 0 aromatic carbocycles. The van der Waals surface area contributed by atoms with E-state index in [1.807, 2.05) is 0 Å². The number of anilines is 1. The van der Waals surface area contributed by atoms with Gasteiger partial charge in [-0.15, -0.1) is 0 Å². The monoisotopic (exact) mass is 205 g/mol. The molecule has 2 rings (SSSR count). The zero-order chi connectivity index (χ0) is 10.8. The van der Waals surface area contributed by atoms with Crippen LogP contribution >= 0.6 is 0 Å². The van der Waals surface area contributed by atoms with Crippen LogP contribution in [-0.4, -0.2) is 19.7 Å². The van der Waals surface area contributed by atoms with E-state index in [-0.39, 0.29) is 11.5 Å². The van der Waals surface area contributed by atoms with Crippen LogP contribution in [0.5, 0.6) is 0 Å². The molecule has 7 heteroatoms. The third-order valence-electron chi connectivity index (χ3n) is 1.77. The molecule has 0 radical (unpaired) electrons. The Morgan fingerprint density at radius 3 is 2.87 bits per heavy atom. The maximum atomic E-state index is 10.6. The first-order valence-electron chi connectivity index (χ1n) is 4.09. The van der Waals surface area contributed by atoms with Gasteiger partial charge in [0.25, 0.3) is 5.69 Å². The Morgan fingerprint density at radius 1 is 1.47 bits per heavy atom. The fourth-order valence-corrected chi connectivity index (χ4v) is 1.15. The highest BCUT2D eigenvalue weighted by atomic mass is 16.6. The lowest BCUT2D eigenvalue weighted by Crippen LogP contribution is -2.02. The maximum Gasteiger partial charge on any atom is 0.276 e. The minimum atomic E-state index is -0.523. The molecule has 0 bridgehead atoms. The van der Waals surface area contributed by atoms with Gasteiger partial charge in [-0.05, 0) is 6.07 Å². The van der Waals surface area contributed by atoms with E-state index in [1.165, 1.54) is 16.8 Å². The highest BCUT2D eigenvalue weighted by molar-refractivity contribution is 5.47. The number of nitro groups is 1. The SMILES string of the molecule is Nc1cc([N+](=O)[O-])cc(-n2cccn2)n1. The summed E-state index contributed by atoms with van der Waals surface area (Å²) in [5.74, 6) is 0.418. The van der Waals surface area contributed by atoms with Crippen LogP contribution < -0.4 is 5.73 Å². The average Bonchev–Trinajstić information content (AvgIpc) is 2.69. The van der Waals surface area contributed by atoms with Crippen LogP contribution in [0.15, 0.2) is 30.6 Å². The molecular formula is C8H7N5O2. The minimum absolute atomic E-state index is 0.0923. The second-order valence-corrected chi connectivity index (χ2v) is 2.82. The Balaban J connectivity index is 2.54. The molecule has 0 spiro atoms. The molecule has 2 aromatic heterocycles. The standard InChI is InChI=1S/C8H7N5O2/c9-7-4-6(13(14)15)5-8(11-7)12-3-1-2-10-12/h1-5H,(H2,9,11). The van der Waals surface area contributed by atoms with E-state index in [0.29, 0.717) is 5.82 Å². The first-order valence-corrected chi connectivity index (χ1v) is 4.09. The number of rotatable bonds is 2. The molecule has 76 valence electrons. The van der Waals surface area contributed by atoms with Crippen molar-refractivity contribution in [2.45, 2.75) is 0 Å². The molecule has 0 saturated heterocycles. The Bertz CT molecular complexity index is 494. The quantitative estimate of drug-likeness (QED) is 0.576. The number of aromatic nitrogens is 3. The summed E-state index contributed by atoms with van der Waals surface area (Å²) in [6, 6.07) is 4.20. The summed E-state index contributed by atoms with van der Waals surface area (Å²) in [4.78, 5) is 14.0. The van der Waals surface area contributed by atoms with Gasteiger partial charge in [0.15, 0.2) is 5.82 Å². The van der Waals surface area contributed by atoms with Crippen LogP contribution in [-0.2, 0) is 0 Å². The highest BCUT2D eigenvalue weighted by Crippen LogP contribution is 2.17. The largest absolute Gasteiger partial charge is 0.383 e. The summed E-state index contributed by atoms with van der Waals surface area (Å²) in [5, 5.41) is 14.5. The molecule has 0 aliphatic rings. The second-order valence-electron chi connectivity index (χ2n) is 2.82. The van der Waals surface area contributed by atoms with Crippen molar-refractivity contribution >= 4 is 11.5 Å². The van der Waals surface area contributed by atoms with Crippen LogP contribution in [0.3, 0.4) is 0 Å². The van der Waals surface area contributed by atoms with Crippen molar-refractivity contribution in [2.24, 2.45) is 0 Å². The van der Waals surface area contributed by atoms with Crippen molar-refractivity contribution < 1.29 is 4.92 Å². The van der Waals surface area contributed by atoms with E-state index in [0.717, 1.165) is 0 Å². The van der Waals surface area contributed by atoms with Crippen molar-refractivity contribution in [3.63, 3.8) is 0 Å². The highest BCUT2D eigenvalue weighted by Gasteiger charge is 2.10. The molecule has 7 nitrogen and oxygen atoms in total. The molecule has 0 fully saturated rings. The van der Waals surface area contributed by atoms with Crippen LogP contribution in [0.25, 0.3) is 5.82 Å². The third-order valence-corrected chi connectivity index (χ3v) is 1.77. The predicted octanol–water partition coefficient (Wildman–Crippen LogP) is 0.758. The van der Waals surface area contributed by atoms with E-state index >= 15 is 0 Å². The fraction of sp³-hybridized carbons (Fsp3) is 0. The van der Waals surface area contributed by atoms with E-state index in [9.17, 15) is 10.1 Å². The lowest BCUT2D eigenvalue weighted by Gasteiger charge is -2.01. The predicted molar refractivity (Wildman–Crippen MR) is 52.4 cm³/mol. The minimum Gasteiger partial charge on any atom is -0.383 e. The summed E-state index contributed by atoms with van der Waals surface area (Å²) in [5.41, 5.74) is 5.34. The normalized spacial score (nSPS) is 10.1. The maximum absolute atomic E-state index is 10.6. The summed E-state index contributed by atoms with van der Waals surface area (Å²) >= 11 is 0. The number of nitrogens with zero attached hydrogens (tertiary/aromatic N) is 4. The van der Waals surface area contributed by atoms with Crippen molar-refractivity contribution in [3.05, 3.63) is 40.7 Å². The van der Waals surface area contributed by atoms with Crippen molar-refractivity contribution in [3.8, 4) is 5.82 Å². The number of nitrogens with two attached hydrogens (primary N) is 1. The van der Waals surface area contributed by atoms with Gasteiger partial charge in [0.2, 0.25) is 0 Å². The van der Waals surface area contributed by atoms with Gasteiger partial charge in [0.05, 0.1) is 17.1 Å². The van der Waals surface area contributed by atoms with Gasteiger partial charge < -0.3 is 5.73 Å². The summed E-state index contributed by atoms with van der Waals surface area (Å²) in [6.07, 6.45) is 3.18. The molecule has 0 aliphatic carbocycles. The topological polar surface area (TPSA) is 99.9 Å². The molecule has 2 heterocycles. The summed E-state index contributed by atoms with van der Waals surface area (Å²) < 4.78 is 1.41. The Morgan fingerprint density at radius 2 is 2.27 bits per heavy atom. The Labute approximate surface area is 84.3 Å². The number of nitrogen functional groups attached to an aromatic ring is 1. The molecule has 0 saturated carbocycles. The average molecular weight is 205 g/mol. The molecule has 0 aliphatic heterocycles. The number of hydrogen-bond acceptors (Lipinski definition) is 5. The van der Waals surface area contributed by atoms with Crippen LogP contribution in [0.1, 0.15) is 0 Å². The van der Waals surface area contributed by atoms with Gasteiger partial charge in [0.1, 0.15) is 5.82 Å². The van der Waals surface area contributed by atoms with Crippen molar-refractivity contribution in [1.29, 1.82) is 0 Å². The third kappa shape index (κ3) is 1.75. The second kappa shape index (κ2) is 3.37. The van der Waals surface area contributed by atoms with E-state index in [1.54, 1.807) is 18.5 Å². The molecule has 15 heavy (non-hydrogen) atoms.